The highest BCUT2D eigenvalue weighted by atomic mass is 16.4. The van der Waals surface area contributed by atoms with Crippen LogP contribution in [-0.4, -0.2) is 56.1 Å². The number of likely N-dealkylation sites (tertiary alicyclic amines) is 1. The monoisotopic (exact) mass is 500 g/mol. The van der Waals surface area contributed by atoms with Gasteiger partial charge < -0.3 is 19.6 Å². The molecule has 0 radical (unpaired) electrons. The van der Waals surface area contributed by atoms with E-state index in [1.54, 1.807) is 0 Å². The second kappa shape index (κ2) is 10.1. The van der Waals surface area contributed by atoms with Gasteiger partial charge in [-0.15, -0.1) is 10.2 Å². The molecule has 8 nitrogen and oxygen atoms in total. The number of carbonyl (C=O) groups is 1. The van der Waals surface area contributed by atoms with E-state index in [2.05, 4.69) is 76.3 Å². The van der Waals surface area contributed by atoms with Crippen LogP contribution in [0.3, 0.4) is 0 Å². The molecule has 2 N–H and O–H groups in total. The lowest BCUT2D eigenvalue weighted by molar-refractivity contribution is 0.0867. The van der Waals surface area contributed by atoms with Crippen LogP contribution in [0.1, 0.15) is 74.1 Å². The molecular weight excluding hydrogens is 464 g/mol. The molecule has 3 aromatic heterocycles. The number of aromatic nitrogens is 4. The Labute approximate surface area is 217 Å². The van der Waals surface area contributed by atoms with Crippen molar-refractivity contribution in [3.05, 3.63) is 53.2 Å². The lowest BCUT2D eigenvalue weighted by atomic mass is 9.95. The summed E-state index contributed by atoms with van der Waals surface area (Å²) in [6.07, 6.45) is 1.85. The zero-order valence-corrected chi connectivity index (χ0v) is 22.6. The van der Waals surface area contributed by atoms with Gasteiger partial charge in [0.25, 0.3) is 0 Å². The van der Waals surface area contributed by atoms with E-state index in [1.165, 1.54) is 5.56 Å². The second-order valence-electron chi connectivity index (χ2n) is 10.8. The molecule has 1 amide bonds. The van der Waals surface area contributed by atoms with Crippen LogP contribution in [0.5, 0.6) is 0 Å². The fourth-order valence-electron chi connectivity index (χ4n) is 5.39. The van der Waals surface area contributed by atoms with Gasteiger partial charge in [0.15, 0.2) is 0 Å². The molecule has 194 valence electrons. The number of hydrogen-bond donors (Lipinski definition) is 2. The molecule has 0 saturated carbocycles. The van der Waals surface area contributed by atoms with Gasteiger partial charge >= 0.3 is 11.8 Å². The van der Waals surface area contributed by atoms with E-state index in [1.807, 2.05) is 26.0 Å². The van der Waals surface area contributed by atoms with Crippen molar-refractivity contribution in [1.29, 1.82) is 0 Å². The van der Waals surface area contributed by atoms with Crippen molar-refractivity contribution in [2.45, 2.75) is 72.4 Å². The minimum Gasteiger partial charge on any atom is -0.412 e. The van der Waals surface area contributed by atoms with Gasteiger partial charge in [-0.2, -0.15) is 0 Å². The van der Waals surface area contributed by atoms with E-state index in [0.717, 1.165) is 65.0 Å². The van der Waals surface area contributed by atoms with Crippen molar-refractivity contribution in [2.24, 2.45) is 0 Å². The average molecular weight is 501 g/mol. The van der Waals surface area contributed by atoms with Crippen molar-refractivity contribution in [3.8, 4) is 22.7 Å². The fraction of sp³-hybridized carbons (Fsp3) is 0.448. The van der Waals surface area contributed by atoms with E-state index in [4.69, 9.17) is 4.42 Å². The number of amides is 1. The average Bonchev–Trinajstić information content (AvgIpc) is 3.49. The lowest BCUT2D eigenvalue weighted by Gasteiger charge is -2.34. The summed E-state index contributed by atoms with van der Waals surface area (Å²) in [4.78, 5) is 23.4. The molecule has 4 aromatic rings. The number of hydrogen-bond acceptors (Lipinski definition) is 6. The largest absolute Gasteiger partial charge is 0.412 e. The normalized spacial score (nSPS) is 15.2. The molecule has 1 aromatic carbocycles. The van der Waals surface area contributed by atoms with E-state index in [-0.39, 0.29) is 17.8 Å². The Balaban J connectivity index is 1.40. The first kappa shape index (κ1) is 25.1. The Kier molecular flexibility index (Phi) is 6.86. The highest BCUT2D eigenvalue weighted by Gasteiger charge is 2.25. The number of carbonyl (C=O) groups excluding carboxylic acids is 1. The number of rotatable bonds is 6. The summed E-state index contributed by atoms with van der Waals surface area (Å²) in [5.41, 5.74) is 7.27. The zero-order chi connectivity index (χ0) is 26.3. The van der Waals surface area contributed by atoms with Crippen molar-refractivity contribution in [1.82, 2.24) is 30.4 Å². The number of piperidine rings is 1. The molecule has 5 rings (SSSR count). The highest BCUT2D eigenvalue weighted by molar-refractivity contribution is 5.94. The van der Waals surface area contributed by atoms with Crippen LogP contribution in [0, 0.1) is 13.8 Å². The standard InChI is InChI=1S/C29H36N6O2/c1-16(2)25-23-15-20(7-8-24(23)32-26(25)21-13-18(5)30-19(6)14-21)28-33-34-29(37-28)27(36)31-22-9-11-35(12-10-22)17(3)4/h7-8,13-17,22,32H,9-12H2,1-6H3,(H,31,36). The summed E-state index contributed by atoms with van der Waals surface area (Å²) in [5.74, 6) is 0.328. The Hall–Kier alpha value is -3.52. The first-order chi connectivity index (χ1) is 17.7. The molecule has 1 aliphatic heterocycles. The smallest absolute Gasteiger partial charge is 0.309 e. The SMILES string of the molecule is Cc1cc(-c2[nH]c3ccc(-c4nnc(C(=O)NC5CCN(C(C)C)CC5)o4)cc3c2C(C)C)cc(C)n1. The highest BCUT2D eigenvalue weighted by Crippen LogP contribution is 2.37. The van der Waals surface area contributed by atoms with Crippen LogP contribution < -0.4 is 5.32 Å². The maximum atomic E-state index is 12.8. The molecule has 1 fully saturated rings. The molecular formula is C29H36N6O2. The van der Waals surface area contributed by atoms with Crippen LogP contribution in [0.15, 0.2) is 34.7 Å². The van der Waals surface area contributed by atoms with Crippen LogP contribution >= 0.6 is 0 Å². The summed E-state index contributed by atoms with van der Waals surface area (Å²) in [5, 5.41) is 12.4. The molecule has 1 aliphatic rings. The predicted molar refractivity (Wildman–Crippen MR) is 146 cm³/mol. The number of pyridine rings is 1. The molecule has 4 heterocycles. The first-order valence-electron chi connectivity index (χ1n) is 13.2. The number of nitrogens with one attached hydrogen (secondary N) is 2. The third kappa shape index (κ3) is 5.16. The van der Waals surface area contributed by atoms with Gasteiger partial charge in [-0.3, -0.25) is 9.78 Å². The Bertz CT molecular complexity index is 1410. The number of H-pyrrole nitrogens is 1. The quantitative estimate of drug-likeness (QED) is 0.356. The first-order valence-corrected chi connectivity index (χ1v) is 13.2. The summed E-state index contributed by atoms with van der Waals surface area (Å²) in [6.45, 7) is 14.8. The number of aryl methyl sites for hydroxylation is 2. The van der Waals surface area contributed by atoms with Gasteiger partial charge in [-0.1, -0.05) is 13.8 Å². The van der Waals surface area contributed by atoms with E-state index in [0.29, 0.717) is 17.9 Å². The van der Waals surface area contributed by atoms with Crippen LogP contribution in [0.2, 0.25) is 0 Å². The fourth-order valence-corrected chi connectivity index (χ4v) is 5.39. The topological polar surface area (TPSA) is 99.9 Å². The summed E-state index contributed by atoms with van der Waals surface area (Å²) < 4.78 is 5.84. The Morgan fingerprint density at radius 1 is 1.03 bits per heavy atom. The number of nitrogens with zero attached hydrogens (tertiary/aromatic N) is 4. The van der Waals surface area contributed by atoms with Gasteiger partial charge in [-0.25, -0.2) is 0 Å². The summed E-state index contributed by atoms with van der Waals surface area (Å²) in [6, 6.07) is 10.9. The third-order valence-corrected chi connectivity index (χ3v) is 7.25. The number of benzene rings is 1. The molecule has 8 heteroatoms. The van der Waals surface area contributed by atoms with Gasteiger partial charge in [0.05, 0.1) is 5.69 Å². The van der Waals surface area contributed by atoms with Crippen molar-refractivity contribution < 1.29 is 9.21 Å². The third-order valence-electron chi connectivity index (χ3n) is 7.25. The van der Waals surface area contributed by atoms with Crippen molar-refractivity contribution in [2.75, 3.05) is 13.1 Å². The molecule has 37 heavy (non-hydrogen) atoms. The summed E-state index contributed by atoms with van der Waals surface area (Å²) in [7, 11) is 0. The molecule has 0 aliphatic carbocycles. The van der Waals surface area contributed by atoms with Gasteiger partial charge in [0.1, 0.15) is 0 Å². The van der Waals surface area contributed by atoms with Gasteiger partial charge in [0.2, 0.25) is 5.89 Å². The van der Waals surface area contributed by atoms with Crippen molar-refractivity contribution in [3.63, 3.8) is 0 Å². The van der Waals surface area contributed by atoms with Gasteiger partial charge in [-0.05, 0) is 82.3 Å². The maximum Gasteiger partial charge on any atom is 0.309 e. The minimum atomic E-state index is -0.307. The maximum absolute atomic E-state index is 12.8. The molecule has 0 atom stereocenters. The van der Waals surface area contributed by atoms with E-state index in [9.17, 15) is 4.79 Å². The van der Waals surface area contributed by atoms with Crippen LogP contribution in [-0.2, 0) is 0 Å². The molecule has 0 bridgehead atoms. The zero-order valence-electron chi connectivity index (χ0n) is 22.6. The second-order valence-corrected chi connectivity index (χ2v) is 10.8. The lowest BCUT2D eigenvalue weighted by Crippen LogP contribution is -2.46. The number of fused-ring (bicyclic) bond motifs is 1. The predicted octanol–water partition coefficient (Wildman–Crippen LogP) is 5.62. The molecule has 0 unspecified atom stereocenters. The van der Waals surface area contributed by atoms with Crippen molar-refractivity contribution >= 4 is 16.8 Å². The van der Waals surface area contributed by atoms with E-state index < -0.39 is 0 Å². The van der Waals surface area contributed by atoms with Crippen LogP contribution in [0.25, 0.3) is 33.6 Å². The Morgan fingerprint density at radius 3 is 2.38 bits per heavy atom. The molecule has 1 saturated heterocycles. The van der Waals surface area contributed by atoms with E-state index >= 15 is 0 Å². The van der Waals surface area contributed by atoms with Gasteiger partial charge in [0, 0.05) is 58.6 Å². The minimum absolute atomic E-state index is 0.00274. The molecule has 0 spiro atoms. The summed E-state index contributed by atoms with van der Waals surface area (Å²) >= 11 is 0. The number of aromatic amines is 1. The Morgan fingerprint density at radius 2 is 1.73 bits per heavy atom. The van der Waals surface area contributed by atoms with Crippen LogP contribution in [0.4, 0.5) is 0 Å².